The Kier molecular flexibility index (Phi) is 1.95. The van der Waals surface area contributed by atoms with Crippen LogP contribution in [0.25, 0.3) is 0 Å². The fourth-order valence-electron chi connectivity index (χ4n) is 0.870. The van der Waals surface area contributed by atoms with Crippen molar-refractivity contribution in [2.45, 2.75) is 6.92 Å². The van der Waals surface area contributed by atoms with Gasteiger partial charge in [0.1, 0.15) is 11.4 Å². The van der Waals surface area contributed by atoms with Crippen molar-refractivity contribution in [3.63, 3.8) is 0 Å². The highest BCUT2D eigenvalue weighted by molar-refractivity contribution is 5.97. The van der Waals surface area contributed by atoms with Gasteiger partial charge in [-0.3, -0.25) is 14.3 Å². The number of carbonyl (C=O) groups is 2. The van der Waals surface area contributed by atoms with Crippen LogP contribution >= 0.6 is 0 Å². The largest absolute Gasteiger partial charge is 0.364 e. The van der Waals surface area contributed by atoms with E-state index in [1.54, 1.807) is 7.05 Å². The maximum absolute atomic E-state index is 10.8. The fraction of sp³-hybridized carbons (Fsp3) is 0.286. The molecule has 0 aliphatic heterocycles. The minimum absolute atomic E-state index is 0.182. The van der Waals surface area contributed by atoms with E-state index in [2.05, 4.69) is 5.10 Å². The molecule has 1 rings (SSSR count). The smallest absolute Gasteiger partial charge is 0.266 e. The first kappa shape index (κ1) is 8.45. The van der Waals surface area contributed by atoms with Crippen LogP contribution in [0.4, 0.5) is 0 Å². The van der Waals surface area contributed by atoms with Gasteiger partial charge in [0.2, 0.25) is 0 Å². The summed E-state index contributed by atoms with van der Waals surface area (Å²) in [5.41, 5.74) is 5.51. The zero-order chi connectivity index (χ0) is 9.30. The second-order valence-corrected chi connectivity index (χ2v) is 2.46. The summed E-state index contributed by atoms with van der Waals surface area (Å²) in [7, 11) is 1.56. The molecule has 1 aromatic heterocycles. The van der Waals surface area contributed by atoms with Gasteiger partial charge in [0.15, 0.2) is 5.78 Å². The molecule has 1 aromatic rings. The quantitative estimate of drug-likeness (QED) is 0.615. The summed E-state index contributed by atoms with van der Waals surface area (Å²) in [6.07, 6.45) is 0. The highest BCUT2D eigenvalue weighted by atomic mass is 16.1. The van der Waals surface area contributed by atoms with E-state index in [1.807, 2.05) is 0 Å². The van der Waals surface area contributed by atoms with E-state index in [9.17, 15) is 9.59 Å². The van der Waals surface area contributed by atoms with Crippen LogP contribution in [0.2, 0.25) is 0 Å². The van der Waals surface area contributed by atoms with Gasteiger partial charge in [-0.1, -0.05) is 0 Å². The molecule has 5 heteroatoms. The molecule has 0 saturated heterocycles. The third-order valence-electron chi connectivity index (χ3n) is 1.49. The number of hydrogen-bond acceptors (Lipinski definition) is 3. The zero-order valence-electron chi connectivity index (χ0n) is 6.87. The molecule has 1 amide bonds. The first-order valence-corrected chi connectivity index (χ1v) is 3.37. The Bertz CT molecular complexity index is 340. The van der Waals surface area contributed by atoms with E-state index < -0.39 is 5.91 Å². The number of carbonyl (C=O) groups excluding carboxylic acids is 2. The summed E-state index contributed by atoms with van der Waals surface area (Å²) in [6.45, 7) is 1.38. The first-order chi connectivity index (χ1) is 5.52. The lowest BCUT2D eigenvalue weighted by molar-refractivity contribution is 0.0988. The second kappa shape index (κ2) is 2.77. The van der Waals surface area contributed by atoms with Gasteiger partial charge in [0.05, 0.1) is 0 Å². The summed E-state index contributed by atoms with van der Waals surface area (Å²) in [4.78, 5) is 21.5. The van der Waals surface area contributed by atoms with Gasteiger partial charge in [-0.15, -0.1) is 0 Å². The van der Waals surface area contributed by atoms with Gasteiger partial charge in [-0.2, -0.15) is 5.10 Å². The van der Waals surface area contributed by atoms with Gasteiger partial charge in [-0.05, 0) is 0 Å². The maximum Gasteiger partial charge on any atom is 0.266 e. The number of Topliss-reactive ketones (excluding diaryl/α,β-unsaturated/α-hetero) is 1. The topological polar surface area (TPSA) is 78.0 Å². The lowest BCUT2D eigenvalue weighted by Crippen LogP contribution is -2.15. The SMILES string of the molecule is CC(=O)c1cc(C(N)=O)n(C)n1. The molecular weight excluding hydrogens is 158 g/mol. The molecule has 0 bridgehead atoms. The molecule has 0 aliphatic carbocycles. The Labute approximate surface area is 69.2 Å². The Balaban J connectivity index is 3.17. The van der Waals surface area contributed by atoms with E-state index in [0.29, 0.717) is 0 Å². The van der Waals surface area contributed by atoms with Crippen molar-refractivity contribution in [2.75, 3.05) is 0 Å². The molecule has 0 aromatic carbocycles. The van der Waals surface area contributed by atoms with Crippen molar-refractivity contribution in [1.82, 2.24) is 9.78 Å². The van der Waals surface area contributed by atoms with E-state index in [1.165, 1.54) is 17.7 Å². The molecule has 64 valence electrons. The van der Waals surface area contributed by atoms with Crippen LogP contribution in [-0.2, 0) is 7.05 Å². The number of ketones is 1. The first-order valence-electron chi connectivity index (χ1n) is 3.37. The average molecular weight is 167 g/mol. The Hall–Kier alpha value is -1.65. The van der Waals surface area contributed by atoms with Gasteiger partial charge >= 0.3 is 0 Å². The standard InChI is InChI=1S/C7H9N3O2/c1-4(11)5-3-6(7(8)12)10(2)9-5/h3H,1-2H3,(H2,8,12). The Morgan fingerprint density at radius 3 is 2.42 bits per heavy atom. The van der Waals surface area contributed by atoms with Crippen LogP contribution in [0.5, 0.6) is 0 Å². The second-order valence-electron chi connectivity index (χ2n) is 2.46. The monoisotopic (exact) mass is 167 g/mol. The number of nitrogens with two attached hydrogens (primary N) is 1. The minimum Gasteiger partial charge on any atom is -0.364 e. The lowest BCUT2D eigenvalue weighted by atomic mass is 10.3. The molecule has 0 fully saturated rings. The van der Waals surface area contributed by atoms with Gasteiger partial charge in [0, 0.05) is 20.0 Å². The fourth-order valence-corrected chi connectivity index (χ4v) is 0.870. The van der Waals surface area contributed by atoms with Crippen LogP contribution in [0, 0.1) is 0 Å². The van der Waals surface area contributed by atoms with Crippen molar-refractivity contribution in [1.29, 1.82) is 0 Å². The summed E-state index contributed by atoms with van der Waals surface area (Å²) >= 11 is 0. The summed E-state index contributed by atoms with van der Waals surface area (Å²) in [5.74, 6) is -0.768. The molecule has 0 unspecified atom stereocenters. The summed E-state index contributed by atoms with van der Waals surface area (Å²) in [6, 6.07) is 1.38. The van der Waals surface area contributed by atoms with Crippen LogP contribution in [0.1, 0.15) is 27.9 Å². The van der Waals surface area contributed by atoms with Crippen LogP contribution in [-0.4, -0.2) is 21.5 Å². The third-order valence-corrected chi connectivity index (χ3v) is 1.49. The van der Waals surface area contributed by atoms with Crippen LogP contribution in [0.3, 0.4) is 0 Å². The van der Waals surface area contributed by atoms with Crippen LogP contribution < -0.4 is 5.73 Å². The molecule has 12 heavy (non-hydrogen) atoms. The van der Waals surface area contributed by atoms with Gasteiger partial charge < -0.3 is 5.73 Å². The van der Waals surface area contributed by atoms with Crippen molar-refractivity contribution >= 4 is 11.7 Å². The molecule has 0 aliphatic rings. The molecule has 2 N–H and O–H groups in total. The number of primary amides is 1. The maximum atomic E-state index is 10.8. The number of rotatable bonds is 2. The molecule has 0 spiro atoms. The van der Waals surface area contributed by atoms with E-state index in [-0.39, 0.29) is 17.2 Å². The molecule has 0 atom stereocenters. The molecule has 0 radical (unpaired) electrons. The van der Waals surface area contributed by atoms with E-state index in [4.69, 9.17) is 5.73 Å². The molecular formula is C7H9N3O2. The Morgan fingerprint density at radius 1 is 1.58 bits per heavy atom. The van der Waals surface area contributed by atoms with Gasteiger partial charge in [-0.25, -0.2) is 0 Å². The number of aryl methyl sites for hydroxylation is 1. The van der Waals surface area contributed by atoms with Crippen LogP contribution in [0.15, 0.2) is 6.07 Å². The zero-order valence-corrected chi connectivity index (χ0v) is 6.87. The average Bonchev–Trinajstić information content (AvgIpc) is 2.30. The number of hydrogen-bond donors (Lipinski definition) is 1. The predicted molar refractivity (Wildman–Crippen MR) is 41.7 cm³/mol. The normalized spacial score (nSPS) is 9.83. The highest BCUT2D eigenvalue weighted by Crippen LogP contribution is 2.02. The van der Waals surface area contributed by atoms with E-state index >= 15 is 0 Å². The van der Waals surface area contributed by atoms with Gasteiger partial charge in [0.25, 0.3) is 5.91 Å². The van der Waals surface area contributed by atoms with Crippen molar-refractivity contribution in [2.24, 2.45) is 12.8 Å². The number of amides is 1. The van der Waals surface area contributed by atoms with Crippen molar-refractivity contribution < 1.29 is 9.59 Å². The number of nitrogens with zero attached hydrogens (tertiary/aromatic N) is 2. The van der Waals surface area contributed by atoms with Crippen molar-refractivity contribution in [3.05, 3.63) is 17.5 Å². The van der Waals surface area contributed by atoms with Crippen molar-refractivity contribution in [3.8, 4) is 0 Å². The summed E-state index contributed by atoms with van der Waals surface area (Å²) in [5, 5.41) is 3.80. The minimum atomic E-state index is -0.586. The predicted octanol–water partition coefficient (Wildman–Crippen LogP) is -0.278. The molecule has 0 saturated carbocycles. The highest BCUT2D eigenvalue weighted by Gasteiger charge is 2.11. The van der Waals surface area contributed by atoms with E-state index in [0.717, 1.165) is 0 Å². The third kappa shape index (κ3) is 1.34. The molecule has 1 heterocycles. The summed E-state index contributed by atoms with van der Waals surface area (Å²) < 4.78 is 1.29. The Morgan fingerprint density at radius 2 is 2.17 bits per heavy atom. The molecule has 5 nitrogen and oxygen atoms in total. The lowest BCUT2D eigenvalue weighted by Gasteiger charge is -1.92. The number of aromatic nitrogens is 2.